The highest BCUT2D eigenvalue weighted by atomic mass is 127. The van der Waals surface area contributed by atoms with E-state index in [9.17, 15) is 13.9 Å². The molecular formula is C20H26F2IN3O. The Kier molecular flexibility index (Phi) is 10.9. The summed E-state index contributed by atoms with van der Waals surface area (Å²) in [7, 11) is 0. The summed E-state index contributed by atoms with van der Waals surface area (Å²) in [5, 5.41) is 15.9. The maximum Gasteiger partial charge on any atom is 0.191 e. The fourth-order valence-corrected chi connectivity index (χ4v) is 2.58. The van der Waals surface area contributed by atoms with Gasteiger partial charge in [-0.3, -0.25) is 4.99 Å². The minimum absolute atomic E-state index is 0. The molecule has 7 heteroatoms. The molecule has 0 spiro atoms. The second kappa shape index (κ2) is 12.6. The van der Waals surface area contributed by atoms with Gasteiger partial charge in [-0.25, -0.2) is 8.78 Å². The Morgan fingerprint density at radius 1 is 1.11 bits per heavy atom. The van der Waals surface area contributed by atoms with Crippen molar-refractivity contribution in [3.05, 3.63) is 71.3 Å². The van der Waals surface area contributed by atoms with Gasteiger partial charge in [0.25, 0.3) is 0 Å². The third-order valence-electron chi connectivity index (χ3n) is 4.01. The first-order chi connectivity index (χ1) is 12.6. The largest absolute Gasteiger partial charge is 0.396 e. The summed E-state index contributed by atoms with van der Waals surface area (Å²) in [6.45, 7) is 3.54. The summed E-state index contributed by atoms with van der Waals surface area (Å²) < 4.78 is 26.6. The van der Waals surface area contributed by atoms with Crippen molar-refractivity contribution in [2.45, 2.75) is 19.3 Å². The number of aliphatic imine (C=N–C) groups is 1. The van der Waals surface area contributed by atoms with E-state index < -0.39 is 11.6 Å². The van der Waals surface area contributed by atoms with Crippen LogP contribution < -0.4 is 10.6 Å². The number of aliphatic hydroxyl groups excluding tert-OH is 1. The van der Waals surface area contributed by atoms with E-state index in [0.717, 1.165) is 11.6 Å². The van der Waals surface area contributed by atoms with Gasteiger partial charge in [0.15, 0.2) is 5.96 Å². The fraction of sp³-hybridized carbons (Fsp3) is 0.350. The molecular weight excluding hydrogens is 463 g/mol. The predicted molar refractivity (Wildman–Crippen MR) is 116 cm³/mol. The molecule has 0 radical (unpaired) electrons. The number of halogens is 3. The van der Waals surface area contributed by atoms with Crippen LogP contribution in [-0.2, 0) is 6.42 Å². The summed E-state index contributed by atoms with van der Waals surface area (Å²) in [5.74, 6) is -0.603. The maximum atomic E-state index is 13.7. The van der Waals surface area contributed by atoms with Crippen LogP contribution in [0.5, 0.6) is 0 Å². The second-order valence-electron chi connectivity index (χ2n) is 5.92. The lowest BCUT2D eigenvalue weighted by Crippen LogP contribution is -2.38. The minimum atomic E-state index is -0.579. The van der Waals surface area contributed by atoms with Crippen LogP contribution in [0.3, 0.4) is 0 Å². The van der Waals surface area contributed by atoms with E-state index in [0.29, 0.717) is 37.6 Å². The van der Waals surface area contributed by atoms with Crippen molar-refractivity contribution in [2.75, 3.05) is 26.2 Å². The lowest BCUT2D eigenvalue weighted by atomic mass is 10.0. The Morgan fingerprint density at radius 2 is 1.85 bits per heavy atom. The predicted octanol–water partition coefficient (Wildman–Crippen LogP) is 3.46. The highest BCUT2D eigenvalue weighted by Gasteiger charge is 2.10. The molecule has 2 aromatic carbocycles. The molecule has 2 aromatic rings. The number of benzene rings is 2. The molecule has 0 fully saturated rings. The molecule has 0 saturated carbocycles. The van der Waals surface area contributed by atoms with Crippen LogP contribution in [0.4, 0.5) is 8.78 Å². The van der Waals surface area contributed by atoms with Crippen molar-refractivity contribution in [1.29, 1.82) is 0 Å². The van der Waals surface area contributed by atoms with Gasteiger partial charge in [0.1, 0.15) is 11.6 Å². The van der Waals surface area contributed by atoms with E-state index in [1.807, 2.05) is 37.3 Å². The molecule has 0 aliphatic heterocycles. The standard InChI is InChI=1S/C20H25F2N3O.HI/c1-2-23-20(24-11-10-16-8-9-18(21)12-19(16)22)25-13-17(14-26)15-6-4-3-5-7-15;/h3-9,12,17,26H,2,10-11,13-14H2,1H3,(H2,23,24,25);1H. The molecule has 0 heterocycles. The number of hydrogen-bond acceptors (Lipinski definition) is 2. The number of nitrogens with zero attached hydrogens (tertiary/aromatic N) is 1. The highest BCUT2D eigenvalue weighted by Crippen LogP contribution is 2.15. The van der Waals surface area contributed by atoms with E-state index in [-0.39, 0.29) is 36.5 Å². The SMILES string of the molecule is CCNC(=NCC(CO)c1ccccc1)NCCc1ccc(F)cc1F.I. The Bertz CT molecular complexity index is 714. The average molecular weight is 489 g/mol. The molecule has 1 atom stereocenters. The highest BCUT2D eigenvalue weighted by molar-refractivity contribution is 14.0. The van der Waals surface area contributed by atoms with E-state index in [2.05, 4.69) is 15.6 Å². The van der Waals surface area contributed by atoms with Crippen molar-refractivity contribution in [3.8, 4) is 0 Å². The van der Waals surface area contributed by atoms with Crippen LogP contribution in [0.2, 0.25) is 0 Å². The second-order valence-corrected chi connectivity index (χ2v) is 5.92. The van der Waals surface area contributed by atoms with Gasteiger partial charge < -0.3 is 15.7 Å². The summed E-state index contributed by atoms with van der Waals surface area (Å²) >= 11 is 0. The molecule has 0 saturated heterocycles. The third-order valence-corrected chi connectivity index (χ3v) is 4.01. The van der Waals surface area contributed by atoms with Crippen molar-refractivity contribution in [3.63, 3.8) is 0 Å². The molecule has 4 nitrogen and oxygen atoms in total. The first-order valence-electron chi connectivity index (χ1n) is 8.76. The van der Waals surface area contributed by atoms with Crippen LogP contribution in [0.15, 0.2) is 53.5 Å². The van der Waals surface area contributed by atoms with Crippen LogP contribution in [-0.4, -0.2) is 37.3 Å². The Labute approximate surface area is 176 Å². The lowest BCUT2D eigenvalue weighted by molar-refractivity contribution is 0.268. The van der Waals surface area contributed by atoms with Gasteiger partial charge in [-0.2, -0.15) is 0 Å². The van der Waals surface area contributed by atoms with Crippen molar-refractivity contribution in [2.24, 2.45) is 4.99 Å². The zero-order valence-electron chi connectivity index (χ0n) is 15.3. The topological polar surface area (TPSA) is 56.7 Å². The van der Waals surface area contributed by atoms with E-state index >= 15 is 0 Å². The average Bonchev–Trinajstić information content (AvgIpc) is 2.65. The van der Waals surface area contributed by atoms with E-state index in [1.54, 1.807) is 0 Å². The van der Waals surface area contributed by atoms with Gasteiger partial charge in [-0.1, -0.05) is 36.4 Å². The van der Waals surface area contributed by atoms with Crippen molar-refractivity contribution in [1.82, 2.24) is 10.6 Å². The number of aliphatic hydroxyl groups is 1. The maximum absolute atomic E-state index is 13.7. The van der Waals surface area contributed by atoms with Gasteiger partial charge in [-0.05, 0) is 30.5 Å². The van der Waals surface area contributed by atoms with Gasteiger partial charge in [0, 0.05) is 25.1 Å². The zero-order chi connectivity index (χ0) is 18.8. The Balaban J connectivity index is 0.00000364. The van der Waals surface area contributed by atoms with E-state index in [4.69, 9.17) is 0 Å². The van der Waals surface area contributed by atoms with Crippen LogP contribution in [0.1, 0.15) is 24.0 Å². The van der Waals surface area contributed by atoms with Gasteiger partial charge >= 0.3 is 0 Å². The minimum Gasteiger partial charge on any atom is -0.396 e. The smallest absolute Gasteiger partial charge is 0.191 e. The summed E-state index contributed by atoms with van der Waals surface area (Å²) in [4.78, 5) is 4.51. The number of guanidine groups is 1. The van der Waals surface area contributed by atoms with Crippen LogP contribution >= 0.6 is 24.0 Å². The molecule has 0 aliphatic rings. The molecule has 0 amide bonds. The summed E-state index contributed by atoms with van der Waals surface area (Å²) in [6, 6.07) is 13.3. The van der Waals surface area contributed by atoms with Crippen LogP contribution in [0.25, 0.3) is 0 Å². The third kappa shape index (κ3) is 7.80. The number of rotatable bonds is 8. The number of hydrogen-bond donors (Lipinski definition) is 3. The lowest BCUT2D eigenvalue weighted by Gasteiger charge is -2.15. The van der Waals surface area contributed by atoms with Crippen molar-refractivity contribution < 1.29 is 13.9 Å². The molecule has 3 N–H and O–H groups in total. The van der Waals surface area contributed by atoms with E-state index in [1.165, 1.54) is 12.1 Å². The molecule has 2 rings (SSSR count). The Morgan fingerprint density at radius 3 is 2.48 bits per heavy atom. The molecule has 0 aliphatic carbocycles. The fourth-order valence-electron chi connectivity index (χ4n) is 2.58. The number of nitrogens with one attached hydrogen (secondary N) is 2. The normalized spacial score (nSPS) is 12.2. The summed E-state index contributed by atoms with van der Waals surface area (Å²) in [6.07, 6.45) is 0.415. The quantitative estimate of drug-likeness (QED) is 0.303. The van der Waals surface area contributed by atoms with Gasteiger partial charge in [0.05, 0.1) is 13.2 Å². The molecule has 148 valence electrons. The molecule has 1 unspecified atom stereocenters. The molecule has 27 heavy (non-hydrogen) atoms. The first kappa shape index (κ1) is 23.3. The van der Waals surface area contributed by atoms with Gasteiger partial charge in [0.2, 0.25) is 0 Å². The first-order valence-corrected chi connectivity index (χ1v) is 8.76. The Hall–Kier alpha value is -1.74. The monoisotopic (exact) mass is 489 g/mol. The van der Waals surface area contributed by atoms with Gasteiger partial charge in [-0.15, -0.1) is 24.0 Å². The zero-order valence-corrected chi connectivity index (χ0v) is 17.6. The van der Waals surface area contributed by atoms with Crippen LogP contribution in [0, 0.1) is 11.6 Å². The molecule has 0 aromatic heterocycles. The van der Waals surface area contributed by atoms with Crippen molar-refractivity contribution >= 4 is 29.9 Å². The molecule has 0 bridgehead atoms. The summed E-state index contributed by atoms with van der Waals surface area (Å²) in [5.41, 5.74) is 1.48.